The predicted molar refractivity (Wildman–Crippen MR) is 269 cm³/mol. The maximum absolute atomic E-state index is 7.30. The highest BCUT2D eigenvalue weighted by Gasteiger charge is 2.31. The summed E-state index contributed by atoms with van der Waals surface area (Å²) < 4.78 is 14.0. The van der Waals surface area contributed by atoms with E-state index in [1.807, 2.05) is 6.20 Å². The lowest BCUT2D eigenvalue weighted by atomic mass is 9.76. The summed E-state index contributed by atoms with van der Waals surface area (Å²) in [4.78, 5) is 5.04. The molecule has 5 nitrogen and oxygen atoms in total. The highest BCUT2D eigenvalue weighted by molar-refractivity contribution is 6.11. The number of imidazole rings is 1. The molecule has 0 amide bonds. The number of pyridine rings is 1. The Hall–Kier alpha value is -6.72. The van der Waals surface area contributed by atoms with Crippen molar-refractivity contribution in [1.29, 1.82) is 0 Å². The number of para-hydroxylation sites is 1. The van der Waals surface area contributed by atoms with Gasteiger partial charge >= 0.3 is 0 Å². The van der Waals surface area contributed by atoms with Gasteiger partial charge in [0.15, 0.2) is 0 Å². The van der Waals surface area contributed by atoms with E-state index in [-0.39, 0.29) is 21.7 Å². The number of rotatable bonds is 9. The van der Waals surface area contributed by atoms with Gasteiger partial charge in [-0.25, -0.2) is 4.98 Å². The second-order valence-electron chi connectivity index (χ2n) is 20.9. The molecule has 0 saturated carbocycles. The second kappa shape index (κ2) is 16.1. The molecule has 0 N–H and O–H groups in total. The van der Waals surface area contributed by atoms with Gasteiger partial charge in [0.2, 0.25) is 0 Å². The van der Waals surface area contributed by atoms with E-state index in [0.29, 0.717) is 0 Å². The Balaban J connectivity index is 1.28. The van der Waals surface area contributed by atoms with Crippen molar-refractivity contribution in [3.63, 3.8) is 0 Å². The number of hydrogen-bond donors (Lipinski definition) is 0. The molecule has 0 aliphatic rings. The minimum Gasteiger partial charge on any atom is -0.458 e. The van der Waals surface area contributed by atoms with Crippen molar-refractivity contribution in [2.24, 2.45) is 0 Å². The van der Waals surface area contributed by atoms with E-state index < -0.39 is 0 Å². The fourth-order valence-electron chi connectivity index (χ4n) is 9.36. The maximum Gasteiger partial charge on any atom is 0.269 e. The van der Waals surface area contributed by atoms with E-state index in [1.54, 1.807) is 0 Å². The predicted octanol–water partition coefficient (Wildman–Crippen LogP) is 14.7. The van der Waals surface area contributed by atoms with Crippen LogP contribution in [0.5, 0.6) is 11.5 Å². The Labute approximate surface area is 386 Å². The molecule has 0 atom stereocenters. The summed E-state index contributed by atoms with van der Waals surface area (Å²) in [6.07, 6.45) is 5.71. The number of hydrogen-bond acceptors (Lipinski definition) is 2. The fraction of sp³-hybridized carbons (Fsp3) is 0.267. The van der Waals surface area contributed by atoms with Crippen molar-refractivity contribution in [2.45, 2.75) is 105 Å². The molecule has 0 unspecified atom stereocenters. The lowest BCUT2D eigenvalue weighted by Gasteiger charge is -2.29. The quantitative estimate of drug-likeness (QED) is 0.107. The van der Waals surface area contributed by atoms with E-state index in [2.05, 4.69) is 255 Å². The first kappa shape index (κ1) is 43.5. The first-order valence-corrected chi connectivity index (χ1v) is 23.0. The molecule has 5 heteroatoms. The van der Waals surface area contributed by atoms with Crippen LogP contribution in [0.25, 0.3) is 39.0 Å². The van der Waals surface area contributed by atoms with E-state index in [0.717, 1.165) is 56.7 Å². The summed E-state index contributed by atoms with van der Waals surface area (Å²) in [6.45, 7) is 27.1. The van der Waals surface area contributed by atoms with Gasteiger partial charge in [0.05, 0.1) is 33.8 Å². The summed E-state index contributed by atoms with van der Waals surface area (Å²) in [5, 5.41) is 2.37. The highest BCUT2D eigenvalue weighted by Crippen LogP contribution is 2.45. The van der Waals surface area contributed by atoms with Crippen LogP contribution in [0.1, 0.15) is 114 Å². The van der Waals surface area contributed by atoms with Gasteiger partial charge in [-0.15, -0.1) is 0 Å². The van der Waals surface area contributed by atoms with Gasteiger partial charge < -0.3 is 4.74 Å². The minimum atomic E-state index is -0.385. The smallest absolute Gasteiger partial charge is 0.269 e. The van der Waals surface area contributed by atoms with Crippen molar-refractivity contribution >= 4 is 21.8 Å². The van der Waals surface area contributed by atoms with Crippen LogP contribution in [0.15, 0.2) is 158 Å². The molecule has 9 rings (SSSR count). The van der Waals surface area contributed by atoms with Gasteiger partial charge in [0.1, 0.15) is 17.3 Å². The summed E-state index contributed by atoms with van der Waals surface area (Å²) in [5.41, 5.74) is 13.0. The minimum absolute atomic E-state index is 0.0200. The van der Waals surface area contributed by atoms with Crippen LogP contribution in [-0.2, 0) is 21.7 Å². The van der Waals surface area contributed by atoms with Crippen LogP contribution in [0.4, 0.5) is 0 Å². The van der Waals surface area contributed by atoms with Gasteiger partial charge in [-0.3, -0.25) is 13.7 Å². The lowest BCUT2D eigenvalue weighted by Crippen LogP contribution is -2.32. The molecule has 0 saturated heterocycles. The van der Waals surface area contributed by atoms with Crippen LogP contribution >= 0.6 is 0 Å². The SMILES string of the molecule is Cc1c(C)[n+](-c2cccc(C(C)(C)C)c2)[c-]n1-c1cc(Oc2cc(C(C)(C)c3ccccc3)c3c4ccccc4n(-c4cc(C(C)(C)C)ccn4)c3c2)cc(C(C)(C)c2ccccc2)c1. The molecular formula is C60H62N4O. The van der Waals surface area contributed by atoms with E-state index in [9.17, 15) is 0 Å². The number of benzene rings is 6. The number of aromatic nitrogens is 4. The number of ether oxygens (including phenoxy) is 1. The molecule has 65 heavy (non-hydrogen) atoms. The van der Waals surface area contributed by atoms with Crippen molar-refractivity contribution in [2.75, 3.05) is 0 Å². The third-order valence-electron chi connectivity index (χ3n) is 13.7. The first-order chi connectivity index (χ1) is 30.8. The highest BCUT2D eigenvalue weighted by atomic mass is 16.5. The average molecular weight is 855 g/mol. The topological polar surface area (TPSA) is 35.9 Å². The number of nitrogens with zero attached hydrogens (tertiary/aromatic N) is 4. The molecule has 3 aromatic heterocycles. The Morgan fingerprint density at radius 1 is 0.523 bits per heavy atom. The van der Waals surface area contributed by atoms with Crippen LogP contribution in [0.3, 0.4) is 0 Å². The first-order valence-electron chi connectivity index (χ1n) is 23.0. The van der Waals surface area contributed by atoms with Gasteiger partial charge in [0.25, 0.3) is 6.33 Å². The molecule has 0 spiro atoms. The summed E-state index contributed by atoms with van der Waals surface area (Å²) >= 11 is 0. The normalized spacial score (nSPS) is 12.6. The third kappa shape index (κ3) is 7.96. The maximum atomic E-state index is 7.30. The lowest BCUT2D eigenvalue weighted by molar-refractivity contribution is -0.606. The summed E-state index contributed by atoms with van der Waals surface area (Å²) in [6, 6.07) is 54.7. The molecular weight excluding hydrogens is 793 g/mol. The molecule has 0 radical (unpaired) electrons. The summed E-state index contributed by atoms with van der Waals surface area (Å²) in [7, 11) is 0. The van der Waals surface area contributed by atoms with E-state index in [4.69, 9.17) is 9.72 Å². The molecule has 9 aromatic rings. The van der Waals surface area contributed by atoms with Crippen molar-refractivity contribution in [3.05, 3.63) is 209 Å². The standard InChI is InChI=1S/C60H62N4O/c1-40-41(2)63(39-62(40)47-27-21-26-44(32-47)57(3,4)5)48-33-46(59(9,10)42-22-15-13-16-23-42)34-49(36-48)65-50-37-52(60(11,12)43-24-17-14-18-25-43)56-51-28-19-20-29-53(51)64(54(56)38-50)55-35-45(30-31-61-55)58(6,7)8/h13-38H,1-12H3. The van der Waals surface area contributed by atoms with Crippen LogP contribution in [0, 0.1) is 20.2 Å². The van der Waals surface area contributed by atoms with Gasteiger partial charge in [0, 0.05) is 33.9 Å². The molecule has 6 aromatic carbocycles. The molecule has 3 heterocycles. The van der Waals surface area contributed by atoms with Crippen molar-refractivity contribution in [3.8, 4) is 28.7 Å². The Bertz CT molecular complexity index is 3210. The Kier molecular flexibility index (Phi) is 10.8. The molecule has 0 fully saturated rings. The third-order valence-corrected chi connectivity index (χ3v) is 13.7. The zero-order valence-electron chi connectivity index (χ0n) is 40.2. The Morgan fingerprint density at radius 2 is 1.12 bits per heavy atom. The van der Waals surface area contributed by atoms with Crippen LogP contribution in [0.2, 0.25) is 0 Å². The molecule has 0 bridgehead atoms. The molecule has 328 valence electrons. The zero-order valence-corrected chi connectivity index (χ0v) is 40.2. The van der Waals surface area contributed by atoms with Gasteiger partial charge in [-0.2, -0.15) is 0 Å². The second-order valence-corrected chi connectivity index (χ2v) is 20.9. The Morgan fingerprint density at radius 3 is 1.80 bits per heavy atom. The largest absolute Gasteiger partial charge is 0.458 e. The fourth-order valence-corrected chi connectivity index (χ4v) is 9.36. The average Bonchev–Trinajstić information content (AvgIpc) is 3.78. The van der Waals surface area contributed by atoms with Gasteiger partial charge in [-0.1, -0.05) is 160 Å². The van der Waals surface area contributed by atoms with Crippen LogP contribution < -0.4 is 9.30 Å². The molecule has 0 aliphatic heterocycles. The zero-order chi connectivity index (χ0) is 46.1. The monoisotopic (exact) mass is 854 g/mol. The van der Waals surface area contributed by atoms with E-state index in [1.165, 1.54) is 38.6 Å². The molecule has 0 aliphatic carbocycles. The van der Waals surface area contributed by atoms with Crippen LogP contribution in [-0.4, -0.2) is 14.1 Å². The van der Waals surface area contributed by atoms with Crippen molar-refractivity contribution < 1.29 is 9.30 Å². The summed E-state index contributed by atoms with van der Waals surface area (Å²) in [5.74, 6) is 2.39. The van der Waals surface area contributed by atoms with E-state index >= 15 is 0 Å². The van der Waals surface area contributed by atoms with Gasteiger partial charge in [-0.05, 0) is 113 Å². The van der Waals surface area contributed by atoms with Crippen molar-refractivity contribution in [1.82, 2.24) is 14.1 Å². The number of fused-ring (bicyclic) bond motifs is 3.